The van der Waals surface area contributed by atoms with Crippen molar-refractivity contribution in [3.63, 3.8) is 0 Å². The summed E-state index contributed by atoms with van der Waals surface area (Å²) in [5, 5.41) is 0. The molecule has 0 saturated heterocycles. The van der Waals surface area contributed by atoms with Crippen molar-refractivity contribution in [3.8, 4) is 32.4 Å². The third kappa shape index (κ3) is 2.97. The fraction of sp³-hybridized carbons (Fsp3) is 0.111. The molecule has 0 aliphatic carbocycles. The highest BCUT2D eigenvalue weighted by molar-refractivity contribution is 7.18. The molecule has 0 aliphatic heterocycles. The molecule has 0 spiro atoms. The van der Waals surface area contributed by atoms with Crippen LogP contribution in [0.3, 0.4) is 0 Å². The molecule has 0 amide bonds. The van der Waals surface area contributed by atoms with Gasteiger partial charge in [-0.25, -0.2) is 4.39 Å². The quantitative estimate of drug-likeness (QED) is 0.656. The molecule has 0 N–H and O–H groups in total. The van der Waals surface area contributed by atoms with Crippen LogP contribution in [0.4, 0.5) is 4.39 Å². The molecular formula is C18H15FO2S. The largest absolute Gasteiger partial charge is 0.497 e. The van der Waals surface area contributed by atoms with Gasteiger partial charge in [-0.05, 0) is 59.7 Å². The number of benzene rings is 2. The third-order valence-corrected chi connectivity index (χ3v) is 4.56. The smallest absolute Gasteiger partial charge is 0.127 e. The van der Waals surface area contributed by atoms with Crippen molar-refractivity contribution in [2.24, 2.45) is 0 Å². The fourth-order valence-corrected chi connectivity index (χ4v) is 3.23. The number of halogens is 1. The van der Waals surface area contributed by atoms with Crippen LogP contribution in [-0.2, 0) is 0 Å². The lowest BCUT2D eigenvalue weighted by atomic mass is 10.1. The van der Waals surface area contributed by atoms with E-state index in [2.05, 4.69) is 0 Å². The Morgan fingerprint density at radius 1 is 0.727 bits per heavy atom. The van der Waals surface area contributed by atoms with E-state index in [1.807, 2.05) is 42.5 Å². The molecular weight excluding hydrogens is 299 g/mol. The molecule has 0 aliphatic rings. The lowest BCUT2D eigenvalue weighted by Crippen LogP contribution is -1.85. The zero-order chi connectivity index (χ0) is 15.5. The second-order valence-electron chi connectivity index (χ2n) is 4.77. The van der Waals surface area contributed by atoms with Crippen LogP contribution in [0.1, 0.15) is 0 Å². The van der Waals surface area contributed by atoms with Crippen molar-refractivity contribution in [2.45, 2.75) is 0 Å². The van der Waals surface area contributed by atoms with Crippen LogP contribution in [0.15, 0.2) is 54.6 Å². The Morgan fingerprint density at radius 3 is 2.00 bits per heavy atom. The van der Waals surface area contributed by atoms with E-state index < -0.39 is 0 Å². The van der Waals surface area contributed by atoms with E-state index in [0.29, 0.717) is 5.75 Å². The van der Waals surface area contributed by atoms with Gasteiger partial charge in [-0.3, -0.25) is 0 Å². The summed E-state index contributed by atoms with van der Waals surface area (Å²) in [5.41, 5.74) is 1.93. The summed E-state index contributed by atoms with van der Waals surface area (Å²) < 4.78 is 23.9. The van der Waals surface area contributed by atoms with Gasteiger partial charge in [0.1, 0.15) is 17.3 Å². The number of rotatable bonds is 4. The van der Waals surface area contributed by atoms with Gasteiger partial charge in [0, 0.05) is 15.8 Å². The number of hydrogen-bond donors (Lipinski definition) is 0. The molecule has 1 heterocycles. The molecule has 2 nitrogen and oxygen atoms in total. The first-order chi connectivity index (χ1) is 10.7. The van der Waals surface area contributed by atoms with Crippen molar-refractivity contribution in [2.75, 3.05) is 14.2 Å². The summed E-state index contributed by atoms with van der Waals surface area (Å²) in [6.45, 7) is 0. The van der Waals surface area contributed by atoms with Crippen LogP contribution in [0.5, 0.6) is 11.5 Å². The first-order valence-corrected chi connectivity index (χ1v) is 7.60. The van der Waals surface area contributed by atoms with Gasteiger partial charge >= 0.3 is 0 Å². The molecule has 112 valence electrons. The van der Waals surface area contributed by atoms with Gasteiger partial charge in [0.25, 0.3) is 0 Å². The predicted molar refractivity (Wildman–Crippen MR) is 88.3 cm³/mol. The average molecular weight is 314 g/mol. The predicted octanol–water partition coefficient (Wildman–Crippen LogP) is 5.24. The van der Waals surface area contributed by atoms with Crippen molar-refractivity contribution in [3.05, 3.63) is 60.4 Å². The second kappa shape index (κ2) is 6.20. The number of ether oxygens (including phenoxy) is 2. The average Bonchev–Trinajstić information content (AvgIpc) is 3.04. The van der Waals surface area contributed by atoms with E-state index in [0.717, 1.165) is 26.6 Å². The Hall–Kier alpha value is -2.33. The van der Waals surface area contributed by atoms with E-state index in [1.165, 1.54) is 19.2 Å². The Bertz CT molecular complexity index is 778. The summed E-state index contributed by atoms with van der Waals surface area (Å²) in [6.07, 6.45) is 0. The van der Waals surface area contributed by atoms with E-state index in [9.17, 15) is 4.39 Å². The van der Waals surface area contributed by atoms with Gasteiger partial charge in [-0.2, -0.15) is 0 Å². The maximum atomic E-state index is 13.6. The van der Waals surface area contributed by atoms with Gasteiger partial charge in [0.05, 0.1) is 14.2 Å². The molecule has 0 bridgehead atoms. The van der Waals surface area contributed by atoms with Crippen LogP contribution in [-0.4, -0.2) is 14.2 Å². The third-order valence-electron chi connectivity index (χ3n) is 3.37. The Labute approximate surface area is 132 Å². The van der Waals surface area contributed by atoms with E-state index in [1.54, 1.807) is 18.4 Å². The Morgan fingerprint density at radius 2 is 1.36 bits per heavy atom. The van der Waals surface area contributed by atoms with Crippen molar-refractivity contribution < 1.29 is 13.9 Å². The fourth-order valence-electron chi connectivity index (χ4n) is 2.23. The minimum Gasteiger partial charge on any atom is -0.497 e. The molecule has 3 rings (SSSR count). The van der Waals surface area contributed by atoms with E-state index in [-0.39, 0.29) is 5.82 Å². The molecule has 0 unspecified atom stereocenters. The van der Waals surface area contributed by atoms with Crippen molar-refractivity contribution >= 4 is 11.3 Å². The minimum atomic E-state index is -0.297. The van der Waals surface area contributed by atoms with Gasteiger partial charge < -0.3 is 9.47 Å². The molecule has 0 radical (unpaired) electrons. The summed E-state index contributed by atoms with van der Waals surface area (Å²) in [5.74, 6) is 1.05. The topological polar surface area (TPSA) is 18.5 Å². The maximum Gasteiger partial charge on any atom is 0.127 e. The molecule has 0 saturated carbocycles. The standard InChI is InChI=1S/C18H15FO2S/c1-20-15-5-3-12(4-6-15)17-7-8-18(22-17)13-9-14(19)11-16(10-13)21-2/h3-11H,1-2H3. The highest BCUT2D eigenvalue weighted by Gasteiger charge is 2.08. The van der Waals surface area contributed by atoms with Gasteiger partial charge in [-0.1, -0.05) is 0 Å². The normalized spacial score (nSPS) is 10.5. The lowest BCUT2D eigenvalue weighted by molar-refractivity contribution is 0.411. The van der Waals surface area contributed by atoms with Crippen molar-refractivity contribution in [1.29, 1.82) is 0 Å². The summed E-state index contributed by atoms with van der Waals surface area (Å²) >= 11 is 1.62. The zero-order valence-electron chi connectivity index (χ0n) is 12.3. The molecule has 3 aromatic rings. The Kier molecular flexibility index (Phi) is 4.11. The summed E-state index contributed by atoms with van der Waals surface area (Å²) in [6, 6.07) is 16.7. The summed E-state index contributed by atoms with van der Waals surface area (Å²) in [7, 11) is 3.19. The molecule has 1 aromatic heterocycles. The summed E-state index contributed by atoms with van der Waals surface area (Å²) in [4.78, 5) is 2.13. The molecule has 4 heteroatoms. The second-order valence-corrected chi connectivity index (χ2v) is 5.86. The van der Waals surface area contributed by atoms with E-state index in [4.69, 9.17) is 9.47 Å². The van der Waals surface area contributed by atoms with Crippen molar-refractivity contribution in [1.82, 2.24) is 0 Å². The van der Waals surface area contributed by atoms with Gasteiger partial charge in [0.15, 0.2) is 0 Å². The zero-order valence-corrected chi connectivity index (χ0v) is 13.1. The van der Waals surface area contributed by atoms with Gasteiger partial charge in [-0.15, -0.1) is 11.3 Å². The number of hydrogen-bond acceptors (Lipinski definition) is 3. The highest BCUT2D eigenvalue weighted by Crippen LogP contribution is 2.36. The number of methoxy groups -OCH3 is 2. The number of thiophene rings is 1. The molecule has 2 aromatic carbocycles. The lowest BCUT2D eigenvalue weighted by Gasteiger charge is -2.03. The van der Waals surface area contributed by atoms with E-state index >= 15 is 0 Å². The molecule has 0 atom stereocenters. The maximum absolute atomic E-state index is 13.6. The van der Waals surface area contributed by atoms with Crippen LogP contribution in [0.2, 0.25) is 0 Å². The van der Waals surface area contributed by atoms with Crippen LogP contribution in [0, 0.1) is 5.82 Å². The Balaban J connectivity index is 1.94. The SMILES string of the molecule is COc1ccc(-c2ccc(-c3cc(F)cc(OC)c3)s2)cc1. The monoisotopic (exact) mass is 314 g/mol. The first kappa shape index (κ1) is 14.6. The molecule has 0 fully saturated rings. The first-order valence-electron chi connectivity index (χ1n) is 6.79. The minimum absolute atomic E-state index is 0.297. The van der Waals surface area contributed by atoms with Crippen LogP contribution < -0.4 is 9.47 Å². The van der Waals surface area contributed by atoms with Crippen LogP contribution >= 0.6 is 11.3 Å². The van der Waals surface area contributed by atoms with Gasteiger partial charge in [0.2, 0.25) is 0 Å². The van der Waals surface area contributed by atoms with Crippen LogP contribution in [0.25, 0.3) is 20.9 Å². The molecule has 22 heavy (non-hydrogen) atoms. The highest BCUT2D eigenvalue weighted by atomic mass is 32.1.